The van der Waals surface area contributed by atoms with Gasteiger partial charge in [-0.25, -0.2) is 4.79 Å². The number of aromatic nitrogens is 1. The molecule has 0 radical (unpaired) electrons. The second-order valence-corrected chi connectivity index (χ2v) is 6.19. The van der Waals surface area contributed by atoms with Gasteiger partial charge in [0.2, 0.25) is 0 Å². The lowest BCUT2D eigenvalue weighted by Crippen LogP contribution is -2.38. The third-order valence-electron chi connectivity index (χ3n) is 4.68. The van der Waals surface area contributed by atoms with E-state index in [1.165, 1.54) is 0 Å². The van der Waals surface area contributed by atoms with Crippen molar-refractivity contribution >= 4 is 11.9 Å². The van der Waals surface area contributed by atoms with E-state index in [-0.39, 0.29) is 11.9 Å². The van der Waals surface area contributed by atoms with E-state index < -0.39 is 0 Å². The lowest BCUT2D eigenvalue weighted by Gasteiger charge is -2.30. The molecule has 22 heavy (non-hydrogen) atoms. The van der Waals surface area contributed by atoms with Gasteiger partial charge in [-0.15, -0.1) is 0 Å². The molecule has 1 saturated heterocycles. The van der Waals surface area contributed by atoms with Crippen LogP contribution < -0.4 is 0 Å². The van der Waals surface area contributed by atoms with Crippen LogP contribution in [0.3, 0.4) is 0 Å². The molecule has 0 spiro atoms. The van der Waals surface area contributed by atoms with Gasteiger partial charge >= 0.3 is 5.97 Å². The maximum Gasteiger partial charge on any atom is 0.355 e. The van der Waals surface area contributed by atoms with Crippen molar-refractivity contribution in [2.24, 2.45) is 13.0 Å². The first-order valence-corrected chi connectivity index (χ1v) is 8.00. The van der Waals surface area contributed by atoms with Gasteiger partial charge in [0.15, 0.2) is 0 Å². The summed E-state index contributed by atoms with van der Waals surface area (Å²) >= 11 is 0. The molecule has 0 aliphatic carbocycles. The standard InChI is InChI=1S/C17H26N2O3/c1-6-22-17(21)15-12(3)14(13(4)18(15)5)16(20)19-9-7-11(2)8-10-19/h11H,6-10H2,1-5H3. The van der Waals surface area contributed by atoms with Crippen molar-refractivity contribution in [1.29, 1.82) is 0 Å². The number of hydrogen-bond acceptors (Lipinski definition) is 3. The molecular weight excluding hydrogens is 280 g/mol. The fourth-order valence-corrected chi connectivity index (χ4v) is 3.15. The van der Waals surface area contributed by atoms with E-state index >= 15 is 0 Å². The summed E-state index contributed by atoms with van der Waals surface area (Å²) in [4.78, 5) is 26.9. The largest absolute Gasteiger partial charge is 0.461 e. The van der Waals surface area contributed by atoms with Gasteiger partial charge in [0.25, 0.3) is 5.91 Å². The Morgan fingerprint density at radius 2 is 1.82 bits per heavy atom. The van der Waals surface area contributed by atoms with Gasteiger partial charge in [-0.2, -0.15) is 0 Å². The molecule has 0 bridgehead atoms. The third kappa shape index (κ3) is 2.89. The SMILES string of the molecule is CCOC(=O)c1c(C)c(C(=O)N2CCC(C)CC2)c(C)n1C. The minimum atomic E-state index is -0.364. The second-order valence-electron chi connectivity index (χ2n) is 6.19. The van der Waals surface area contributed by atoms with Gasteiger partial charge in [0.1, 0.15) is 5.69 Å². The zero-order valence-electron chi connectivity index (χ0n) is 14.2. The Labute approximate surface area is 132 Å². The quantitative estimate of drug-likeness (QED) is 0.807. The zero-order valence-corrected chi connectivity index (χ0v) is 14.2. The van der Waals surface area contributed by atoms with Crippen molar-refractivity contribution < 1.29 is 14.3 Å². The van der Waals surface area contributed by atoms with Gasteiger partial charge in [0, 0.05) is 25.8 Å². The Bertz CT molecular complexity index is 581. The van der Waals surface area contributed by atoms with E-state index in [0.717, 1.165) is 37.2 Å². The molecule has 0 saturated carbocycles. The predicted molar refractivity (Wildman–Crippen MR) is 85.1 cm³/mol. The number of hydrogen-bond donors (Lipinski definition) is 0. The second kappa shape index (κ2) is 6.55. The molecule has 122 valence electrons. The van der Waals surface area contributed by atoms with Crippen molar-refractivity contribution in [1.82, 2.24) is 9.47 Å². The van der Waals surface area contributed by atoms with E-state index in [2.05, 4.69) is 6.92 Å². The van der Waals surface area contributed by atoms with Crippen molar-refractivity contribution in [2.75, 3.05) is 19.7 Å². The van der Waals surface area contributed by atoms with Crippen LogP contribution in [0, 0.1) is 19.8 Å². The molecule has 1 fully saturated rings. The molecule has 0 unspecified atom stereocenters. The summed E-state index contributed by atoms with van der Waals surface area (Å²) in [5.74, 6) is 0.349. The van der Waals surface area contributed by atoms with Gasteiger partial charge in [-0.05, 0) is 45.1 Å². The highest BCUT2D eigenvalue weighted by Gasteiger charge is 2.29. The Hall–Kier alpha value is -1.78. The average Bonchev–Trinajstić information content (AvgIpc) is 2.69. The summed E-state index contributed by atoms with van der Waals surface area (Å²) in [7, 11) is 1.81. The van der Waals surface area contributed by atoms with Gasteiger partial charge < -0.3 is 14.2 Å². The Balaban J connectivity index is 2.33. The third-order valence-corrected chi connectivity index (χ3v) is 4.68. The number of carbonyl (C=O) groups is 2. The Morgan fingerprint density at radius 1 is 1.23 bits per heavy atom. The molecular formula is C17H26N2O3. The van der Waals surface area contributed by atoms with Crippen LogP contribution in [0.25, 0.3) is 0 Å². The van der Waals surface area contributed by atoms with E-state index in [0.29, 0.717) is 23.8 Å². The highest BCUT2D eigenvalue weighted by Crippen LogP contribution is 2.25. The molecule has 1 aliphatic heterocycles. The van der Waals surface area contributed by atoms with Crippen molar-refractivity contribution in [2.45, 2.75) is 40.5 Å². The number of ether oxygens (including phenoxy) is 1. The monoisotopic (exact) mass is 306 g/mol. The summed E-state index contributed by atoms with van der Waals surface area (Å²) in [6, 6.07) is 0. The normalized spacial score (nSPS) is 16.0. The number of amides is 1. The highest BCUT2D eigenvalue weighted by molar-refractivity contribution is 6.01. The van der Waals surface area contributed by atoms with Crippen molar-refractivity contribution in [3.63, 3.8) is 0 Å². The molecule has 1 aromatic heterocycles. The van der Waals surface area contributed by atoms with E-state index in [1.807, 2.05) is 25.8 Å². The fourth-order valence-electron chi connectivity index (χ4n) is 3.15. The van der Waals surface area contributed by atoms with E-state index in [4.69, 9.17) is 4.74 Å². The summed E-state index contributed by atoms with van der Waals surface area (Å²) in [6.07, 6.45) is 2.09. The first kappa shape index (κ1) is 16.6. The average molecular weight is 306 g/mol. The van der Waals surface area contributed by atoms with Crippen LogP contribution in [0.4, 0.5) is 0 Å². The minimum Gasteiger partial charge on any atom is -0.461 e. The van der Waals surface area contributed by atoms with Crippen LogP contribution in [0.1, 0.15) is 58.8 Å². The number of rotatable bonds is 3. The molecule has 2 heterocycles. The van der Waals surface area contributed by atoms with Crippen LogP contribution in [-0.2, 0) is 11.8 Å². The van der Waals surface area contributed by atoms with Crippen molar-refractivity contribution in [3.05, 3.63) is 22.5 Å². The summed E-state index contributed by atoms with van der Waals surface area (Å²) in [5.41, 5.74) is 2.68. The molecule has 0 atom stereocenters. The number of carbonyl (C=O) groups excluding carboxylic acids is 2. The minimum absolute atomic E-state index is 0.0352. The molecule has 1 aliphatic rings. The summed E-state index contributed by atoms with van der Waals surface area (Å²) < 4.78 is 6.88. The summed E-state index contributed by atoms with van der Waals surface area (Å²) in [6.45, 7) is 9.64. The highest BCUT2D eigenvalue weighted by atomic mass is 16.5. The number of likely N-dealkylation sites (tertiary alicyclic amines) is 1. The van der Waals surface area contributed by atoms with Gasteiger partial charge in [-0.1, -0.05) is 6.92 Å². The molecule has 1 amide bonds. The molecule has 5 nitrogen and oxygen atoms in total. The van der Waals surface area contributed by atoms with Crippen molar-refractivity contribution in [3.8, 4) is 0 Å². The topological polar surface area (TPSA) is 51.5 Å². The molecule has 1 aromatic rings. The van der Waals surface area contributed by atoms with Gasteiger partial charge in [-0.3, -0.25) is 4.79 Å². The van der Waals surface area contributed by atoms with Crippen LogP contribution in [0.15, 0.2) is 0 Å². The smallest absolute Gasteiger partial charge is 0.355 e. The maximum absolute atomic E-state index is 12.9. The number of nitrogens with zero attached hydrogens (tertiary/aromatic N) is 2. The Morgan fingerprint density at radius 3 is 2.36 bits per heavy atom. The Kier molecular flexibility index (Phi) is 4.94. The number of esters is 1. The molecule has 0 N–H and O–H groups in total. The summed E-state index contributed by atoms with van der Waals surface area (Å²) in [5, 5.41) is 0. The van der Waals surface area contributed by atoms with E-state index in [9.17, 15) is 9.59 Å². The predicted octanol–water partition coefficient (Wildman–Crippen LogP) is 2.69. The fraction of sp³-hybridized carbons (Fsp3) is 0.647. The maximum atomic E-state index is 12.9. The van der Waals surface area contributed by atoms with E-state index in [1.54, 1.807) is 11.5 Å². The lowest BCUT2D eigenvalue weighted by molar-refractivity contribution is 0.0514. The lowest BCUT2D eigenvalue weighted by atomic mass is 9.98. The number of piperidine rings is 1. The van der Waals surface area contributed by atoms with Crippen LogP contribution in [-0.4, -0.2) is 41.0 Å². The van der Waals surface area contributed by atoms with Crippen LogP contribution >= 0.6 is 0 Å². The van der Waals surface area contributed by atoms with Crippen LogP contribution in [0.5, 0.6) is 0 Å². The van der Waals surface area contributed by atoms with Crippen LogP contribution in [0.2, 0.25) is 0 Å². The first-order valence-electron chi connectivity index (χ1n) is 8.00. The first-order chi connectivity index (χ1) is 10.4. The molecule has 5 heteroatoms. The zero-order chi connectivity index (χ0) is 16.4. The molecule has 0 aromatic carbocycles. The molecule has 2 rings (SSSR count). The van der Waals surface area contributed by atoms with Gasteiger partial charge in [0.05, 0.1) is 12.2 Å².